The Kier molecular flexibility index (Phi) is 6.93. The average Bonchev–Trinajstić information content (AvgIpc) is 2.59. The van der Waals surface area contributed by atoms with E-state index in [1.807, 2.05) is 0 Å². The zero-order valence-electron chi connectivity index (χ0n) is 13.9. The van der Waals surface area contributed by atoms with Crippen molar-refractivity contribution in [3.63, 3.8) is 0 Å². The van der Waals surface area contributed by atoms with Crippen molar-refractivity contribution in [2.45, 2.75) is 39.5 Å². The first-order valence-electron chi connectivity index (χ1n) is 8.60. The van der Waals surface area contributed by atoms with Crippen molar-refractivity contribution in [2.24, 2.45) is 0 Å². The van der Waals surface area contributed by atoms with E-state index in [4.69, 9.17) is 4.52 Å². The van der Waals surface area contributed by atoms with Crippen LogP contribution in [0.1, 0.15) is 39.5 Å². The molecule has 0 amide bonds. The van der Waals surface area contributed by atoms with E-state index in [9.17, 15) is 0 Å². The van der Waals surface area contributed by atoms with Gasteiger partial charge in [0.2, 0.25) is 0 Å². The minimum absolute atomic E-state index is 1.03. The number of unbranched alkanes of at least 4 members (excludes halogenated alkanes) is 2. The van der Waals surface area contributed by atoms with Gasteiger partial charge in [0.15, 0.2) is 0 Å². The number of rotatable bonds is 9. The topological polar surface area (TPSA) is 9.23 Å². The molecule has 0 heterocycles. The van der Waals surface area contributed by atoms with E-state index in [0.29, 0.717) is 0 Å². The molecular weight excluding hydrogens is 287 g/mol. The molecule has 0 aromatic heterocycles. The molecule has 2 aromatic carbocycles. The van der Waals surface area contributed by atoms with E-state index >= 15 is 0 Å². The Labute approximate surface area is 136 Å². The van der Waals surface area contributed by atoms with Crippen molar-refractivity contribution in [3.05, 3.63) is 60.7 Å². The molecule has 2 heteroatoms. The predicted octanol–water partition coefficient (Wildman–Crippen LogP) is 5.66. The van der Waals surface area contributed by atoms with Crippen LogP contribution in [-0.2, 0) is 0 Å². The number of hydrogen-bond donors (Lipinski definition) is 0. The molecule has 0 N–H and O–H groups in total. The molecule has 2 aromatic rings. The number of benzene rings is 2. The third-order valence-corrected chi connectivity index (χ3v) is 8.56. The Hall–Kier alpha value is -1.33. The van der Waals surface area contributed by atoms with Crippen LogP contribution in [0.5, 0.6) is 5.75 Å². The molecule has 2 rings (SSSR count). The van der Waals surface area contributed by atoms with Gasteiger partial charge in [-0.15, -0.1) is 0 Å². The monoisotopic (exact) mass is 316 g/mol. The van der Waals surface area contributed by atoms with Crippen LogP contribution in [0.3, 0.4) is 0 Å². The summed E-state index contributed by atoms with van der Waals surface area (Å²) in [5.74, 6) is 1.03. The summed E-state index contributed by atoms with van der Waals surface area (Å²) in [4.78, 5) is 0. The van der Waals surface area contributed by atoms with Crippen molar-refractivity contribution in [2.75, 3.05) is 12.3 Å². The normalized spacial score (nSPS) is 12.1. The Morgan fingerprint density at radius 2 is 1.23 bits per heavy atom. The molecule has 0 spiro atoms. The van der Waals surface area contributed by atoms with Gasteiger partial charge in [0, 0.05) is 0 Å². The first-order valence-corrected chi connectivity index (χ1v) is 10.9. The van der Waals surface area contributed by atoms with Gasteiger partial charge in [-0.25, -0.2) is 0 Å². The summed E-state index contributed by atoms with van der Waals surface area (Å²) in [5, 5.41) is 1.45. The van der Waals surface area contributed by atoms with Crippen LogP contribution in [0.2, 0.25) is 0 Å². The summed E-state index contributed by atoms with van der Waals surface area (Å²) in [6.45, 7) is 4.54. The van der Waals surface area contributed by atoms with Crippen molar-refractivity contribution in [1.29, 1.82) is 0 Å². The molecule has 0 atom stereocenters. The molecule has 0 saturated heterocycles. The molecule has 0 fully saturated rings. The molecule has 0 aliphatic rings. The standard InChI is InChI=1S/C20H29OP/c1-3-5-17-22(18-6-4-2,20-15-11-8-12-16-20)21-19-13-9-7-10-14-19/h7-16,22H,3-6,17-18H2,1-2H3. The van der Waals surface area contributed by atoms with Crippen molar-refractivity contribution in [3.8, 4) is 5.75 Å². The SMILES string of the molecule is CCCC[PH](CCCC)(Oc1ccccc1)c1ccccc1. The van der Waals surface area contributed by atoms with Gasteiger partial charge in [-0.3, -0.25) is 0 Å². The summed E-state index contributed by atoms with van der Waals surface area (Å²) in [6, 6.07) is 21.4. The second-order valence-corrected chi connectivity index (χ2v) is 9.75. The van der Waals surface area contributed by atoms with E-state index < -0.39 is 7.49 Å². The molecule has 0 saturated carbocycles. The number of para-hydroxylation sites is 1. The van der Waals surface area contributed by atoms with Crippen molar-refractivity contribution < 1.29 is 4.52 Å². The molecule has 1 nitrogen and oxygen atoms in total. The van der Waals surface area contributed by atoms with Gasteiger partial charge in [-0.2, -0.15) is 0 Å². The minimum atomic E-state index is -1.95. The fraction of sp³-hybridized carbons (Fsp3) is 0.400. The Morgan fingerprint density at radius 3 is 1.73 bits per heavy atom. The molecular formula is C20H29OP. The van der Waals surface area contributed by atoms with Gasteiger partial charge in [0.1, 0.15) is 0 Å². The Morgan fingerprint density at radius 1 is 0.727 bits per heavy atom. The van der Waals surface area contributed by atoms with Crippen LogP contribution in [0, 0.1) is 0 Å². The quantitative estimate of drug-likeness (QED) is 0.543. The zero-order valence-corrected chi connectivity index (χ0v) is 14.9. The molecule has 0 bridgehead atoms. The van der Waals surface area contributed by atoms with Gasteiger partial charge < -0.3 is 0 Å². The fourth-order valence-corrected chi connectivity index (χ4v) is 7.34. The summed E-state index contributed by atoms with van der Waals surface area (Å²) < 4.78 is 6.73. The van der Waals surface area contributed by atoms with Crippen molar-refractivity contribution >= 4 is 12.8 Å². The molecule has 0 aliphatic carbocycles. The van der Waals surface area contributed by atoms with Gasteiger partial charge in [0.25, 0.3) is 0 Å². The van der Waals surface area contributed by atoms with Crippen LogP contribution in [0.25, 0.3) is 0 Å². The van der Waals surface area contributed by atoms with Crippen LogP contribution in [-0.4, -0.2) is 12.3 Å². The van der Waals surface area contributed by atoms with Crippen LogP contribution >= 0.6 is 7.49 Å². The van der Waals surface area contributed by atoms with Crippen LogP contribution in [0.15, 0.2) is 60.7 Å². The fourth-order valence-electron chi connectivity index (χ4n) is 2.96. The molecule has 22 heavy (non-hydrogen) atoms. The number of hydrogen-bond acceptors (Lipinski definition) is 1. The van der Waals surface area contributed by atoms with Crippen LogP contribution < -0.4 is 9.83 Å². The van der Waals surface area contributed by atoms with E-state index in [1.54, 1.807) is 0 Å². The first kappa shape index (κ1) is 17.0. The maximum absolute atomic E-state index is 6.73. The van der Waals surface area contributed by atoms with Gasteiger partial charge in [-0.05, 0) is 0 Å². The van der Waals surface area contributed by atoms with Gasteiger partial charge >= 0.3 is 136 Å². The average molecular weight is 316 g/mol. The maximum atomic E-state index is 6.73. The van der Waals surface area contributed by atoms with Crippen molar-refractivity contribution in [1.82, 2.24) is 0 Å². The van der Waals surface area contributed by atoms with E-state index in [-0.39, 0.29) is 0 Å². The summed E-state index contributed by atoms with van der Waals surface area (Å²) in [7, 11) is -1.95. The first-order chi connectivity index (χ1) is 10.8. The van der Waals surface area contributed by atoms with E-state index in [1.165, 1.54) is 43.3 Å². The third kappa shape index (κ3) is 4.58. The Balaban J connectivity index is 2.34. The second-order valence-electron chi connectivity index (χ2n) is 5.98. The van der Waals surface area contributed by atoms with Crippen LogP contribution in [0.4, 0.5) is 0 Å². The zero-order chi connectivity index (χ0) is 15.7. The Bertz CT molecular complexity index is 516. The summed E-state index contributed by atoms with van der Waals surface area (Å²) >= 11 is 0. The summed E-state index contributed by atoms with van der Waals surface area (Å²) in [6.07, 6.45) is 7.37. The van der Waals surface area contributed by atoms with Gasteiger partial charge in [-0.1, -0.05) is 0 Å². The molecule has 0 unspecified atom stereocenters. The molecule has 0 radical (unpaired) electrons. The third-order valence-electron chi connectivity index (χ3n) is 4.22. The second kappa shape index (κ2) is 8.96. The predicted molar refractivity (Wildman–Crippen MR) is 101 cm³/mol. The van der Waals surface area contributed by atoms with E-state index in [0.717, 1.165) is 5.75 Å². The molecule has 120 valence electrons. The summed E-state index contributed by atoms with van der Waals surface area (Å²) in [5.41, 5.74) is 0. The molecule has 0 aliphatic heterocycles. The van der Waals surface area contributed by atoms with Gasteiger partial charge in [0.05, 0.1) is 0 Å². The van der Waals surface area contributed by atoms with E-state index in [2.05, 4.69) is 74.5 Å².